The lowest BCUT2D eigenvalue weighted by molar-refractivity contribution is 0.528. The summed E-state index contributed by atoms with van der Waals surface area (Å²) in [5.41, 5.74) is -0.0299. The Labute approximate surface area is 115 Å². The van der Waals surface area contributed by atoms with Gasteiger partial charge in [-0.3, -0.25) is 0 Å². The molecule has 0 amide bonds. The van der Waals surface area contributed by atoms with Gasteiger partial charge >= 0.3 is 0 Å². The molecule has 19 heavy (non-hydrogen) atoms. The summed E-state index contributed by atoms with van der Waals surface area (Å²) in [6, 6.07) is 2.07. The van der Waals surface area contributed by atoms with Crippen LogP contribution >= 0.6 is 0 Å². The van der Waals surface area contributed by atoms with E-state index in [0.29, 0.717) is 0 Å². The van der Waals surface area contributed by atoms with Gasteiger partial charge in [0.05, 0.1) is 0 Å². The molecule has 2 N–H and O–H groups in total. The van der Waals surface area contributed by atoms with Gasteiger partial charge in [-0.2, -0.15) is 0 Å². The van der Waals surface area contributed by atoms with Gasteiger partial charge < -0.3 is 15.5 Å². The number of aryl methyl sites for hydroxylation is 1. The van der Waals surface area contributed by atoms with E-state index >= 15 is 0 Å². The molecule has 1 aliphatic rings. The molecule has 0 radical (unpaired) electrons. The average Bonchev–Trinajstić information content (AvgIpc) is 2.80. The maximum Gasteiger partial charge on any atom is 0.134 e. The van der Waals surface area contributed by atoms with Crippen LogP contribution in [0.5, 0.6) is 0 Å². The quantitative estimate of drug-likeness (QED) is 0.848. The second kappa shape index (κ2) is 5.74. The molecule has 0 saturated carbocycles. The van der Waals surface area contributed by atoms with Crippen molar-refractivity contribution in [2.75, 3.05) is 36.9 Å². The normalized spacial score (nSPS) is 15.9. The third-order valence-electron chi connectivity index (χ3n) is 3.34. The van der Waals surface area contributed by atoms with Crippen LogP contribution in [0.4, 0.5) is 11.6 Å². The maximum atomic E-state index is 4.55. The van der Waals surface area contributed by atoms with Gasteiger partial charge in [0, 0.05) is 31.2 Å². The van der Waals surface area contributed by atoms with E-state index in [9.17, 15) is 0 Å². The fourth-order valence-corrected chi connectivity index (χ4v) is 2.56. The summed E-state index contributed by atoms with van der Waals surface area (Å²) in [6.07, 6.45) is 2.52. The molecule has 0 bridgehead atoms. The van der Waals surface area contributed by atoms with Crippen LogP contribution in [0.3, 0.4) is 0 Å². The molecular formula is C14H25N5. The Kier molecular flexibility index (Phi) is 4.24. The summed E-state index contributed by atoms with van der Waals surface area (Å²) in [5.74, 6) is 2.79. The molecular weight excluding hydrogens is 238 g/mol. The smallest absolute Gasteiger partial charge is 0.134 e. The molecule has 0 aliphatic carbocycles. The number of hydrogen-bond donors (Lipinski definition) is 2. The standard InChI is InChI=1S/C14H25N5/c1-11-16-12(18-14(2,3)10-15-4)9-13(17-11)19-7-5-6-8-19/h9,15H,5-8,10H2,1-4H3,(H,16,17,18). The Morgan fingerprint density at radius 2 is 1.95 bits per heavy atom. The van der Waals surface area contributed by atoms with E-state index in [4.69, 9.17) is 0 Å². The van der Waals surface area contributed by atoms with E-state index in [-0.39, 0.29) is 5.54 Å². The van der Waals surface area contributed by atoms with E-state index in [1.807, 2.05) is 14.0 Å². The number of rotatable bonds is 5. The van der Waals surface area contributed by atoms with Crippen molar-refractivity contribution < 1.29 is 0 Å². The van der Waals surface area contributed by atoms with E-state index in [0.717, 1.165) is 37.1 Å². The lowest BCUT2D eigenvalue weighted by Gasteiger charge is -2.27. The number of likely N-dealkylation sites (N-methyl/N-ethyl adjacent to an activating group) is 1. The average molecular weight is 263 g/mol. The predicted molar refractivity (Wildman–Crippen MR) is 79.8 cm³/mol. The van der Waals surface area contributed by atoms with E-state index in [2.05, 4.69) is 45.4 Å². The predicted octanol–water partition coefficient (Wildman–Crippen LogP) is 1.80. The van der Waals surface area contributed by atoms with Crippen molar-refractivity contribution in [3.8, 4) is 0 Å². The molecule has 1 aliphatic heterocycles. The third-order valence-corrected chi connectivity index (χ3v) is 3.34. The van der Waals surface area contributed by atoms with Gasteiger partial charge in [-0.25, -0.2) is 9.97 Å². The molecule has 0 unspecified atom stereocenters. The summed E-state index contributed by atoms with van der Waals surface area (Å²) >= 11 is 0. The van der Waals surface area contributed by atoms with Crippen molar-refractivity contribution in [3.63, 3.8) is 0 Å². The largest absolute Gasteiger partial charge is 0.364 e. The topological polar surface area (TPSA) is 53.1 Å². The van der Waals surface area contributed by atoms with Crippen molar-refractivity contribution in [3.05, 3.63) is 11.9 Å². The highest BCUT2D eigenvalue weighted by atomic mass is 15.2. The molecule has 106 valence electrons. The highest BCUT2D eigenvalue weighted by molar-refractivity contribution is 5.51. The van der Waals surface area contributed by atoms with Crippen LogP contribution in [0, 0.1) is 6.92 Å². The second-order valence-corrected chi connectivity index (χ2v) is 5.89. The van der Waals surface area contributed by atoms with Crippen LogP contribution in [0.15, 0.2) is 6.07 Å². The first-order valence-electron chi connectivity index (χ1n) is 7.03. The van der Waals surface area contributed by atoms with Crippen LogP contribution < -0.4 is 15.5 Å². The van der Waals surface area contributed by atoms with Crippen molar-refractivity contribution in [1.29, 1.82) is 0 Å². The van der Waals surface area contributed by atoms with Gasteiger partial charge in [0.2, 0.25) is 0 Å². The van der Waals surface area contributed by atoms with Crippen LogP contribution in [-0.2, 0) is 0 Å². The molecule has 5 heteroatoms. The molecule has 1 saturated heterocycles. The SMILES string of the molecule is CNCC(C)(C)Nc1cc(N2CCCC2)nc(C)n1. The summed E-state index contributed by atoms with van der Waals surface area (Å²) in [4.78, 5) is 11.4. The number of aromatic nitrogens is 2. The zero-order valence-corrected chi connectivity index (χ0v) is 12.5. The summed E-state index contributed by atoms with van der Waals surface area (Å²) in [7, 11) is 1.96. The van der Waals surface area contributed by atoms with Crippen molar-refractivity contribution >= 4 is 11.6 Å². The van der Waals surface area contributed by atoms with Crippen molar-refractivity contribution in [1.82, 2.24) is 15.3 Å². The van der Waals surface area contributed by atoms with Gasteiger partial charge in [0.25, 0.3) is 0 Å². The highest BCUT2D eigenvalue weighted by Gasteiger charge is 2.19. The molecule has 2 heterocycles. The van der Waals surface area contributed by atoms with Gasteiger partial charge in [-0.1, -0.05) is 0 Å². The number of anilines is 2. The van der Waals surface area contributed by atoms with Crippen LogP contribution in [0.25, 0.3) is 0 Å². The van der Waals surface area contributed by atoms with Crippen molar-refractivity contribution in [2.45, 2.75) is 39.2 Å². The fraction of sp³-hybridized carbons (Fsp3) is 0.714. The van der Waals surface area contributed by atoms with Crippen LogP contribution in [0.2, 0.25) is 0 Å². The molecule has 1 aromatic rings. The van der Waals surface area contributed by atoms with Gasteiger partial charge in [-0.15, -0.1) is 0 Å². The van der Waals surface area contributed by atoms with Gasteiger partial charge in [0.15, 0.2) is 0 Å². The second-order valence-electron chi connectivity index (χ2n) is 5.89. The minimum absolute atomic E-state index is 0.0299. The zero-order valence-electron chi connectivity index (χ0n) is 12.5. The van der Waals surface area contributed by atoms with Gasteiger partial charge in [-0.05, 0) is 40.7 Å². The Bertz CT molecular complexity index is 424. The van der Waals surface area contributed by atoms with Crippen LogP contribution in [-0.4, -0.2) is 42.2 Å². The summed E-state index contributed by atoms with van der Waals surface area (Å²) < 4.78 is 0. The zero-order chi connectivity index (χ0) is 13.9. The molecule has 1 aromatic heterocycles. The third kappa shape index (κ3) is 3.80. The monoisotopic (exact) mass is 263 g/mol. The highest BCUT2D eigenvalue weighted by Crippen LogP contribution is 2.22. The summed E-state index contributed by atoms with van der Waals surface area (Å²) in [5, 5.41) is 6.68. The minimum atomic E-state index is -0.0299. The Balaban J connectivity index is 2.16. The molecule has 0 spiro atoms. The number of nitrogens with one attached hydrogen (secondary N) is 2. The summed E-state index contributed by atoms with van der Waals surface area (Å²) in [6.45, 7) is 9.38. The van der Waals surface area contributed by atoms with Crippen LogP contribution in [0.1, 0.15) is 32.5 Å². The fourth-order valence-electron chi connectivity index (χ4n) is 2.56. The van der Waals surface area contributed by atoms with Gasteiger partial charge in [0.1, 0.15) is 17.5 Å². The molecule has 1 fully saturated rings. The lowest BCUT2D eigenvalue weighted by Crippen LogP contribution is -2.41. The Hall–Kier alpha value is -1.36. The molecule has 0 atom stereocenters. The molecule has 5 nitrogen and oxygen atoms in total. The lowest BCUT2D eigenvalue weighted by atomic mass is 10.1. The molecule has 0 aromatic carbocycles. The first kappa shape index (κ1) is 14.1. The number of nitrogens with zero attached hydrogens (tertiary/aromatic N) is 3. The minimum Gasteiger partial charge on any atom is -0.364 e. The first-order chi connectivity index (χ1) is 9.00. The van der Waals surface area contributed by atoms with Crippen molar-refractivity contribution in [2.24, 2.45) is 0 Å². The van der Waals surface area contributed by atoms with E-state index < -0.39 is 0 Å². The first-order valence-corrected chi connectivity index (χ1v) is 7.03. The number of hydrogen-bond acceptors (Lipinski definition) is 5. The Morgan fingerprint density at radius 1 is 1.26 bits per heavy atom. The van der Waals surface area contributed by atoms with E-state index in [1.54, 1.807) is 0 Å². The maximum absolute atomic E-state index is 4.55. The van der Waals surface area contributed by atoms with E-state index in [1.165, 1.54) is 12.8 Å². The Morgan fingerprint density at radius 3 is 2.58 bits per heavy atom. The molecule has 2 rings (SSSR count).